The van der Waals surface area contributed by atoms with E-state index in [-0.39, 0.29) is 17.8 Å². The summed E-state index contributed by atoms with van der Waals surface area (Å²) in [7, 11) is 0. The molecule has 1 aromatic rings. The maximum Gasteiger partial charge on any atom is 0.391 e. The van der Waals surface area contributed by atoms with E-state index in [2.05, 4.69) is 0 Å². The number of hydrogen-bond donors (Lipinski definition) is 1. The molecular formula is C14H17F3N2S2. The van der Waals surface area contributed by atoms with Gasteiger partial charge in [0, 0.05) is 29.2 Å². The summed E-state index contributed by atoms with van der Waals surface area (Å²) in [5, 5.41) is 0. The molecule has 1 saturated heterocycles. The van der Waals surface area contributed by atoms with Crippen LogP contribution in [0.15, 0.2) is 23.1 Å². The standard InChI is InChI=1S/C14H17F3N2S2/c1-21-11-4-2-3-10(12(11)13(18)20)19-7-5-9(6-8-19)14(15,16)17/h2-4,9H,5-8H2,1H3,(H2,18,20). The van der Waals surface area contributed by atoms with Crippen molar-refractivity contribution in [2.45, 2.75) is 23.9 Å². The molecule has 2 nitrogen and oxygen atoms in total. The van der Waals surface area contributed by atoms with E-state index in [4.69, 9.17) is 18.0 Å². The summed E-state index contributed by atoms with van der Waals surface area (Å²) in [6.07, 6.45) is -1.94. The van der Waals surface area contributed by atoms with Gasteiger partial charge in [-0.2, -0.15) is 13.2 Å². The minimum absolute atomic E-state index is 0.115. The van der Waals surface area contributed by atoms with Gasteiger partial charge in [-0.3, -0.25) is 0 Å². The molecule has 1 aliphatic rings. The summed E-state index contributed by atoms with van der Waals surface area (Å²) in [5.74, 6) is -1.20. The number of nitrogens with zero attached hydrogens (tertiary/aromatic N) is 1. The maximum atomic E-state index is 12.7. The van der Waals surface area contributed by atoms with Crippen molar-refractivity contribution < 1.29 is 13.2 Å². The number of rotatable bonds is 3. The lowest BCUT2D eigenvalue weighted by Crippen LogP contribution is -2.39. The van der Waals surface area contributed by atoms with Gasteiger partial charge in [0.1, 0.15) is 4.99 Å². The molecule has 21 heavy (non-hydrogen) atoms. The number of hydrogen-bond acceptors (Lipinski definition) is 3. The summed E-state index contributed by atoms with van der Waals surface area (Å²) in [5.41, 5.74) is 7.42. The molecule has 0 amide bonds. The Morgan fingerprint density at radius 2 is 1.95 bits per heavy atom. The van der Waals surface area contributed by atoms with E-state index in [1.54, 1.807) is 0 Å². The van der Waals surface area contributed by atoms with Gasteiger partial charge in [0.05, 0.1) is 5.92 Å². The highest BCUT2D eigenvalue weighted by atomic mass is 32.2. The van der Waals surface area contributed by atoms with Crippen LogP contribution < -0.4 is 10.6 Å². The molecule has 1 fully saturated rings. The number of nitrogens with two attached hydrogens (primary N) is 1. The van der Waals surface area contributed by atoms with Gasteiger partial charge in [-0.15, -0.1) is 11.8 Å². The van der Waals surface area contributed by atoms with Crippen LogP contribution in [0.3, 0.4) is 0 Å². The Morgan fingerprint density at radius 1 is 1.33 bits per heavy atom. The number of thiocarbonyl (C=S) groups is 1. The molecule has 0 aliphatic carbocycles. The first-order valence-corrected chi connectivity index (χ1v) is 8.26. The third-order valence-corrected chi connectivity index (χ3v) is 4.75. The Hall–Kier alpha value is -0.950. The predicted molar refractivity (Wildman–Crippen MR) is 85.1 cm³/mol. The van der Waals surface area contributed by atoms with E-state index in [0.29, 0.717) is 13.1 Å². The highest BCUT2D eigenvalue weighted by Gasteiger charge is 2.41. The third kappa shape index (κ3) is 3.63. The predicted octanol–water partition coefficient (Wildman–Crippen LogP) is 3.82. The Kier molecular flexibility index (Phi) is 5.03. The van der Waals surface area contributed by atoms with Gasteiger partial charge >= 0.3 is 6.18 Å². The van der Waals surface area contributed by atoms with E-state index in [9.17, 15) is 13.2 Å². The van der Waals surface area contributed by atoms with Crippen molar-refractivity contribution in [3.63, 3.8) is 0 Å². The Bertz CT molecular complexity index is 523. The average Bonchev–Trinajstić information content (AvgIpc) is 2.45. The zero-order chi connectivity index (χ0) is 15.6. The molecule has 1 heterocycles. The minimum atomic E-state index is -4.10. The van der Waals surface area contributed by atoms with E-state index in [1.165, 1.54) is 11.8 Å². The first kappa shape index (κ1) is 16.4. The Morgan fingerprint density at radius 3 is 2.43 bits per heavy atom. The van der Waals surface area contributed by atoms with Crippen LogP contribution in [-0.2, 0) is 0 Å². The normalized spacial score (nSPS) is 17.0. The van der Waals surface area contributed by atoms with Gasteiger partial charge in [0.2, 0.25) is 0 Å². The maximum absolute atomic E-state index is 12.7. The van der Waals surface area contributed by atoms with E-state index in [1.807, 2.05) is 29.4 Å². The summed E-state index contributed by atoms with van der Waals surface area (Å²) in [4.78, 5) is 3.20. The summed E-state index contributed by atoms with van der Waals surface area (Å²) in [6.45, 7) is 0.745. The van der Waals surface area contributed by atoms with Gasteiger partial charge in [0.25, 0.3) is 0 Å². The molecule has 2 rings (SSSR count). The number of anilines is 1. The number of thioether (sulfide) groups is 1. The monoisotopic (exact) mass is 334 g/mol. The van der Waals surface area contributed by atoms with Gasteiger partial charge < -0.3 is 10.6 Å². The quantitative estimate of drug-likeness (QED) is 0.672. The van der Waals surface area contributed by atoms with Crippen LogP contribution in [0, 0.1) is 5.92 Å². The topological polar surface area (TPSA) is 29.3 Å². The van der Waals surface area contributed by atoms with Crippen LogP contribution in [0.4, 0.5) is 18.9 Å². The van der Waals surface area contributed by atoms with Crippen molar-refractivity contribution in [3.05, 3.63) is 23.8 Å². The van der Waals surface area contributed by atoms with Crippen molar-refractivity contribution >= 4 is 34.7 Å². The van der Waals surface area contributed by atoms with Crippen LogP contribution in [0.5, 0.6) is 0 Å². The van der Waals surface area contributed by atoms with E-state index < -0.39 is 12.1 Å². The van der Waals surface area contributed by atoms with Crippen LogP contribution in [-0.4, -0.2) is 30.5 Å². The lowest BCUT2D eigenvalue weighted by atomic mass is 9.95. The molecule has 0 bridgehead atoms. The number of halogens is 3. The van der Waals surface area contributed by atoms with Crippen molar-refractivity contribution in [2.75, 3.05) is 24.2 Å². The second-order valence-corrected chi connectivity index (χ2v) is 6.31. The molecule has 2 N–H and O–H groups in total. The third-order valence-electron chi connectivity index (χ3n) is 3.77. The average molecular weight is 334 g/mol. The highest BCUT2D eigenvalue weighted by Crippen LogP contribution is 2.37. The van der Waals surface area contributed by atoms with Crippen molar-refractivity contribution in [3.8, 4) is 0 Å². The van der Waals surface area contributed by atoms with Crippen molar-refractivity contribution in [2.24, 2.45) is 11.7 Å². The van der Waals surface area contributed by atoms with Crippen LogP contribution >= 0.6 is 24.0 Å². The van der Waals surface area contributed by atoms with Crippen LogP contribution in [0.25, 0.3) is 0 Å². The molecule has 0 atom stereocenters. The van der Waals surface area contributed by atoms with Gasteiger partial charge in [-0.25, -0.2) is 0 Å². The lowest BCUT2D eigenvalue weighted by Gasteiger charge is -2.35. The van der Waals surface area contributed by atoms with Crippen molar-refractivity contribution in [1.82, 2.24) is 0 Å². The van der Waals surface area contributed by atoms with Gasteiger partial charge in [0.15, 0.2) is 0 Å². The van der Waals surface area contributed by atoms with Crippen LogP contribution in [0.1, 0.15) is 18.4 Å². The summed E-state index contributed by atoms with van der Waals surface area (Å²) < 4.78 is 38.2. The fourth-order valence-corrected chi connectivity index (χ4v) is 3.56. The number of piperidine rings is 1. The number of benzene rings is 1. The van der Waals surface area contributed by atoms with E-state index >= 15 is 0 Å². The molecule has 116 valence electrons. The molecule has 7 heteroatoms. The first-order chi connectivity index (χ1) is 9.84. The zero-order valence-electron chi connectivity index (χ0n) is 11.6. The first-order valence-electron chi connectivity index (χ1n) is 6.63. The molecule has 0 saturated carbocycles. The largest absolute Gasteiger partial charge is 0.391 e. The smallest absolute Gasteiger partial charge is 0.389 e. The van der Waals surface area contributed by atoms with Gasteiger partial charge in [-0.05, 0) is 31.2 Å². The zero-order valence-corrected chi connectivity index (χ0v) is 13.2. The number of alkyl halides is 3. The Balaban J connectivity index is 2.23. The second kappa shape index (κ2) is 6.44. The minimum Gasteiger partial charge on any atom is -0.389 e. The van der Waals surface area contributed by atoms with Gasteiger partial charge in [-0.1, -0.05) is 18.3 Å². The lowest BCUT2D eigenvalue weighted by molar-refractivity contribution is -0.179. The molecule has 0 radical (unpaired) electrons. The highest BCUT2D eigenvalue weighted by molar-refractivity contribution is 7.98. The second-order valence-electron chi connectivity index (χ2n) is 5.02. The Labute approximate surface area is 131 Å². The summed E-state index contributed by atoms with van der Waals surface area (Å²) >= 11 is 6.65. The van der Waals surface area contributed by atoms with Crippen molar-refractivity contribution in [1.29, 1.82) is 0 Å². The fourth-order valence-electron chi connectivity index (χ4n) is 2.65. The molecular weight excluding hydrogens is 317 g/mol. The van der Waals surface area contributed by atoms with E-state index in [0.717, 1.165) is 16.1 Å². The molecule has 0 spiro atoms. The van der Waals surface area contributed by atoms with Crippen LogP contribution in [0.2, 0.25) is 0 Å². The SMILES string of the molecule is CSc1cccc(N2CCC(C(F)(F)F)CC2)c1C(N)=S. The fraction of sp³-hybridized carbons (Fsp3) is 0.500. The molecule has 1 aliphatic heterocycles. The molecule has 1 aromatic carbocycles. The summed E-state index contributed by atoms with van der Waals surface area (Å²) in [6, 6.07) is 5.69. The molecule has 0 aromatic heterocycles. The molecule has 0 unspecified atom stereocenters.